The lowest BCUT2D eigenvalue weighted by atomic mass is 10.0. The van der Waals surface area contributed by atoms with Gasteiger partial charge in [-0.2, -0.15) is 0 Å². The summed E-state index contributed by atoms with van der Waals surface area (Å²) in [4.78, 5) is 2.28. The summed E-state index contributed by atoms with van der Waals surface area (Å²) in [6, 6.07) is 10.5. The van der Waals surface area contributed by atoms with Crippen LogP contribution in [0.4, 0.5) is 0 Å². The third-order valence-electron chi connectivity index (χ3n) is 2.76. The highest BCUT2D eigenvalue weighted by atomic mass is 16.3. The number of benzene rings is 1. The first-order chi connectivity index (χ1) is 7.27. The summed E-state index contributed by atoms with van der Waals surface area (Å²) in [5.74, 6) is 0.526. The van der Waals surface area contributed by atoms with Crippen molar-refractivity contribution < 1.29 is 5.11 Å². The molecule has 1 aromatic carbocycles. The molecular weight excluding hydrogens is 186 g/mol. The summed E-state index contributed by atoms with van der Waals surface area (Å²) in [5.41, 5.74) is 1.37. The monoisotopic (exact) mass is 207 g/mol. The van der Waals surface area contributed by atoms with Crippen LogP contribution in [0, 0.1) is 0 Å². The van der Waals surface area contributed by atoms with Gasteiger partial charge in [-0.25, -0.2) is 0 Å². The highest BCUT2D eigenvalue weighted by Crippen LogP contribution is 2.15. The van der Waals surface area contributed by atoms with Crippen molar-refractivity contribution in [1.82, 2.24) is 4.90 Å². The zero-order valence-corrected chi connectivity index (χ0v) is 9.69. The average Bonchev–Trinajstić information content (AvgIpc) is 2.29. The smallest absolute Gasteiger partial charge is 0.0558 e. The van der Waals surface area contributed by atoms with Crippen molar-refractivity contribution in [2.45, 2.75) is 19.8 Å². The Morgan fingerprint density at radius 3 is 2.47 bits per heavy atom. The van der Waals surface area contributed by atoms with Crippen LogP contribution in [0.15, 0.2) is 30.3 Å². The van der Waals surface area contributed by atoms with Gasteiger partial charge in [-0.15, -0.1) is 0 Å². The molecule has 0 saturated heterocycles. The molecule has 1 rings (SSSR count). The summed E-state index contributed by atoms with van der Waals surface area (Å²) in [6.07, 6.45) is 0. The van der Waals surface area contributed by atoms with Gasteiger partial charge >= 0.3 is 0 Å². The minimum atomic E-state index is 0.245. The molecule has 0 saturated carbocycles. The summed E-state index contributed by atoms with van der Waals surface area (Å²) in [5, 5.41) is 8.91. The zero-order chi connectivity index (χ0) is 11.1. The molecule has 1 atom stereocenters. The maximum Gasteiger partial charge on any atom is 0.0558 e. The van der Waals surface area contributed by atoms with Crippen LogP contribution in [-0.2, 0) is 0 Å². The molecule has 2 nitrogen and oxygen atoms in total. The molecule has 0 aromatic heterocycles. The van der Waals surface area contributed by atoms with Crippen LogP contribution in [0.1, 0.15) is 25.3 Å². The lowest BCUT2D eigenvalue weighted by Gasteiger charge is -2.23. The first-order valence-corrected chi connectivity index (χ1v) is 5.66. The molecule has 2 heteroatoms. The first kappa shape index (κ1) is 12.2. The van der Waals surface area contributed by atoms with Crippen molar-refractivity contribution in [2.75, 3.05) is 26.2 Å². The van der Waals surface area contributed by atoms with Crippen LogP contribution in [0.3, 0.4) is 0 Å². The third-order valence-corrected chi connectivity index (χ3v) is 2.76. The van der Waals surface area contributed by atoms with Crippen molar-refractivity contribution in [3.8, 4) is 0 Å². The molecule has 0 aliphatic rings. The Bertz CT molecular complexity index is 260. The first-order valence-electron chi connectivity index (χ1n) is 5.66. The Hall–Kier alpha value is -0.860. The van der Waals surface area contributed by atoms with Crippen LogP contribution in [-0.4, -0.2) is 36.2 Å². The number of hydrogen-bond acceptors (Lipinski definition) is 2. The van der Waals surface area contributed by atoms with Crippen LogP contribution in [0.5, 0.6) is 0 Å². The Kier molecular flexibility index (Phi) is 5.37. The molecule has 1 N–H and O–H groups in total. The van der Waals surface area contributed by atoms with Crippen molar-refractivity contribution in [3.63, 3.8) is 0 Å². The molecule has 0 fully saturated rings. The number of aliphatic hydroxyl groups is 1. The molecule has 84 valence electrons. The second-order valence-electron chi connectivity index (χ2n) is 3.93. The standard InChI is InChI=1S/C13H21NO/c1-3-14(9-10-15)11-12(2)13-7-5-4-6-8-13/h4-8,12,15H,3,9-11H2,1-2H3. The van der Waals surface area contributed by atoms with E-state index in [2.05, 4.69) is 43.0 Å². The zero-order valence-electron chi connectivity index (χ0n) is 9.69. The number of aliphatic hydroxyl groups excluding tert-OH is 1. The molecule has 0 spiro atoms. The second-order valence-corrected chi connectivity index (χ2v) is 3.93. The van der Waals surface area contributed by atoms with Gasteiger partial charge in [0.05, 0.1) is 6.61 Å². The van der Waals surface area contributed by atoms with Gasteiger partial charge in [0, 0.05) is 13.1 Å². The highest BCUT2D eigenvalue weighted by molar-refractivity contribution is 5.18. The molecule has 15 heavy (non-hydrogen) atoms. The highest BCUT2D eigenvalue weighted by Gasteiger charge is 2.09. The van der Waals surface area contributed by atoms with Gasteiger partial charge in [-0.3, -0.25) is 0 Å². The maximum absolute atomic E-state index is 8.91. The van der Waals surface area contributed by atoms with E-state index in [1.54, 1.807) is 0 Å². The fourth-order valence-electron chi connectivity index (χ4n) is 1.79. The third kappa shape index (κ3) is 4.02. The normalized spacial score (nSPS) is 13.1. The van der Waals surface area contributed by atoms with Crippen LogP contribution >= 0.6 is 0 Å². The second kappa shape index (κ2) is 6.59. The quantitative estimate of drug-likeness (QED) is 0.772. The van der Waals surface area contributed by atoms with E-state index in [1.807, 2.05) is 6.07 Å². The number of nitrogens with zero attached hydrogens (tertiary/aromatic N) is 1. The van der Waals surface area contributed by atoms with Crippen molar-refractivity contribution >= 4 is 0 Å². The van der Waals surface area contributed by atoms with Crippen LogP contribution in [0.25, 0.3) is 0 Å². The Morgan fingerprint density at radius 2 is 1.93 bits per heavy atom. The van der Waals surface area contributed by atoms with Crippen molar-refractivity contribution in [1.29, 1.82) is 0 Å². The van der Waals surface area contributed by atoms with Gasteiger partial charge in [-0.05, 0) is 18.0 Å². The maximum atomic E-state index is 8.91. The molecule has 1 aromatic rings. The van der Waals surface area contributed by atoms with Gasteiger partial charge in [-0.1, -0.05) is 44.2 Å². The van der Waals surface area contributed by atoms with Crippen LogP contribution in [0.2, 0.25) is 0 Å². The number of likely N-dealkylation sites (N-methyl/N-ethyl adjacent to an activating group) is 1. The van der Waals surface area contributed by atoms with Crippen molar-refractivity contribution in [2.24, 2.45) is 0 Å². The van der Waals surface area contributed by atoms with Gasteiger partial charge in [0.15, 0.2) is 0 Å². The SMILES string of the molecule is CCN(CCO)CC(C)c1ccccc1. The van der Waals surface area contributed by atoms with E-state index in [0.29, 0.717) is 5.92 Å². The topological polar surface area (TPSA) is 23.5 Å². The largest absolute Gasteiger partial charge is 0.395 e. The minimum Gasteiger partial charge on any atom is -0.395 e. The molecule has 0 aliphatic carbocycles. The lowest BCUT2D eigenvalue weighted by Crippen LogP contribution is -2.30. The van der Waals surface area contributed by atoms with E-state index in [4.69, 9.17) is 5.11 Å². The average molecular weight is 207 g/mol. The predicted octanol–water partition coefficient (Wildman–Crippen LogP) is 2.10. The molecule has 0 amide bonds. The molecule has 0 heterocycles. The summed E-state index contributed by atoms with van der Waals surface area (Å²) in [7, 11) is 0. The Labute approximate surface area is 92.5 Å². The van der Waals surface area contributed by atoms with E-state index in [-0.39, 0.29) is 6.61 Å². The van der Waals surface area contributed by atoms with Crippen molar-refractivity contribution in [3.05, 3.63) is 35.9 Å². The number of hydrogen-bond donors (Lipinski definition) is 1. The summed E-state index contributed by atoms with van der Waals surface area (Å²) >= 11 is 0. The predicted molar refractivity (Wildman–Crippen MR) is 64.1 cm³/mol. The van der Waals surface area contributed by atoms with Gasteiger partial charge < -0.3 is 10.0 Å². The van der Waals surface area contributed by atoms with E-state index < -0.39 is 0 Å². The molecule has 0 radical (unpaired) electrons. The van der Waals surface area contributed by atoms with Gasteiger partial charge in [0.2, 0.25) is 0 Å². The van der Waals surface area contributed by atoms with E-state index in [1.165, 1.54) is 5.56 Å². The number of rotatable bonds is 6. The molecule has 0 aliphatic heterocycles. The van der Waals surface area contributed by atoms with Crippen LogP contribution < -0.4 is 0 Å². The summed E-state index contributed by atoms with van der Waals surface area (Å²) < 4.78 is 0. The van der Waals surface area contributed by atoms with E-state index >= 15 is 0 Å². The van der Waals surface area contributed by atoms with E-state index in [9.17, 15) is 0 Å². The minimum absolute atomic E-state index is 0.245. The molecular formula is C13H21NO. The molecule has 0 bridgehead atoms. The summed E-state index contributed by atoms with van der Waals surface area (Å²) in [6.45, 7) is 7.39. The fraction of sp³-hybridized carbons (Fsp3) is 0.538. The van der Waals surface area contributed by atoms with Gasteiger partial charge in [0.1, 0.15) is 0 Å². The lowest BCUT2D eigenvalue weighted by molar-refractivity contribution is 0.196. The Balaban J connectivity index is 2.50. The van der Waals surface area contributed by atoms with Gasteiger partial charge in [0.25, 0.3) is 0 Å². The Morgan fingerprint density at radius 1 is 1.27 bits per heavy atom. The van der Waals surface area contributed by atoms with E-state index in [0.717, 1.165) is 19.6 Å². The fourth-order valence-corrected chi connectivity index (χ4v) is 1.79. The molecule has 1 unspecified atom stereocenters.